The van der Waals surface area contributed by atoms with Crippen molar-refractivity contribution in [3.8, 4) is 0 Å². The van der Waals surface area contributed by atoms with Crippen molar-refractivity contribution in [3.05, 3.63) is 71.1 Å². The molecule has 2 saturated carbocycles. The van der Waals surface area contributed by atoms with Gasteiger partial charge in [-0.1, -0.05) is 54.5 Å². The van der Waals surface area contributed by atoms with E-state index in [0.717, 1.165) is 17.0 Å². The largest absolute Gasteiger partial charge is 0.332 e. The molecule has 1 aliphatic heterocycles. The maximum atomic E-state index is 5.43. The van der Waals surface area contributed by atoms with Crippen molar-refractivity contribution in [1.29, 1.82) is 0 Å². The van der Waals surface area contributed by atoms with Crippen LogP contribution >= 0.6 is 12.2 Å². The predicted molar refractivity (Wildman–Crippen MR) is 104 cm³/mol. The molecule has 0 atom stereocenters. The van der Waals surface area contributed by atoms with Crippen LogP contribution in [0.4, 0.5) is 0 Å². The fourth-order valence-corrected chi connectivity index (χ4v) is 5.20. The molecular weight excluding hydrogens is 312 g/mol. The van der Waals surface area contributed by atoms with Crippen molar-refractivity contribution in [2.75, 3.05) is 6.54 Å². The Labute approximate surface area is 150 Å². The van der Waals surface area contributed by atoms with Crippen LogP contribution in [0.15, 0.2) is 71.1 Å². The van der Waals surface area contributed by atoms with Crippen molar-refractivity contribution in [2.45, 2.75) is 32.6 Å². The van der Waals surface area contributed by atoms with Crippen LogP contribution in [-0.4, -0.2) is 16.6 Å². The van der Waals surface area contributed by atoms with Crippen molar-refractivity contribution in [2.24, 2.45) is 11.8 Å². The molecule has 3 aliphatic carbocycles. The summed E-state index contributed by atoms with van der Waals surface area (Å²) < 4.78 is 0. The standard InChI is InChI=1S/C21H24N2S/c1-5-10-23-14(4)19(13(3)22-21(23)24)11-20-17-8-9-18(20)16-7-6-15(17)12(16)2/h5,11-12,20H,1,3-4,6-10H2,2H3,(H,22,24)/b19-11-. The second kappa shape index (κ2) is 5.59. The first kappa shape index (κ1) is 15.6. The van der Waals surface area contributed by atoms with E-state index in [-0.39, 0.29) is 0 Å². The van der Waals surface area contributed by atoms with Crippen LogP contribution < -0.4 is 5.32 Å². The van der Waals surface area contributed by atoms with E-state index in [9.17, 15) is 0 Å². The van der Waals surface area contributed by atoms with Gasteiger partial charge in [0.2, 0.25) is 0 Å². The quantitative estimate of drug-likeness (QED) is 0.591. The lowest BCUT2D eigenvalue weighted by Crippen LogP contribution is -2.44. The average Bonchev–Trinajstić information content (AvgIpc) is 3.00. The van der Waals surface area contributed by atoms with Crippen molar-refractivity contribution < 1.29 is 0 Å². The maximum Gasteiger partial charge on any atom is 0.178 e. The van der Waals surface area contributed by atoms with Crippen LogP contribution in [0, 0.1) is 11.8 Å². The number of fused-ring (bicyclic) bond motifs is 4. The zero-order valence-corrected chi connectivity index (χ0v) is 15.1. The number of nitrogens with zero attached hydrogens (tertiary/aromatic N) is 1. The molecule has 0 spiro atoms. The third-order valence-electron chi connectivity index (χ3n) is 6.06. The summed E-state index contributed by atoms with van der Waals surface area (Å²) in [6.07, 6.45) is 9.22. The SMILES string of the molecule is C=CCN1C(=C)/C(=C\C2C3=C4CCC(=C2CC3)C4C)C(=C)NC1=S. The lowest BCUT2D eigenvalue weighted by atomic mass is 9.80. The van der Waals surface area contributed by atoms with Gasteiger partial charge < -0.3 is 10.2 Å². The fourth-order valence-electron chi connectivity index (χ4n) is 4.89. The fraction of sp³-hybridized carbons (Fsp3) is 0.381. The van der Waals surface area contributed by atoms with Gasteiger partial charge in [-0.2, -0.15) is 0 Å². The summed E-state index contributed by atoms with van der Waals surface area (Å²) in [6.45, 7) is 15.4. The molecule has 4 aliphatic rings. The smallest absolute Gasteiger partial charge is 0.178 e. The van der Waals surface area contributed by atoms with Gasteiger partial charge in [-0.3, -0.25) is 0 Å². The van der Waals surface area contributed by atoms with Gasteiger partial charge in [-0.05, 0) is 43.8 Å². The summed E-state index contributed by atoms with van der Waals surface area (Å²) in [5, 5.41) is 3.89. The van der Waals surface area contributed by atoms with E-state index in [0.29, 0.717) is 23.5 Å². The second-order valence-corrected chi connectivity index (χ2v) is 7.52. The molecular formula is C21H24N2S. The number of hydrogen-bond donors (Lipinski definition) is 1. The monoisotopic (exact) mass is 336 g/mol. The number of hydrogen-bond acceptors (Lipinski definition) is 1. The zero-order valence-electron chi connectivity index (χ0n) is 14.3. The molecule has 4 bridgehead atoms. The third-order valence-corrected chi connectivity index (χ3v) is 6.38. The molecule has 4 rings (SSSR count). The molecule has 0 unspecified atom stereocenters. The highest BCUT2D eigenvalue weighted by molar-refractivity contribution is 7.80. The Morgan fingerprint density at radius 2 is 1.71 bits per heavy atom. The minimum Gasteiger partial charge on any atom is -0.332 e. The molecule has 0 aromatic carbocycles. The first-order chi connectivity index (χ1) is 11.5. The predicted octanol–water partition coefficient (Wildman–Crippen LogP) is 4.76. The summed E-state index contributed by atoms with van der Waals surface area (Å²) >= 11 is 5.43. The first-order valence-corrected chi connectivity index (χ1v) is 9.17. The number of nitrogens with one attached hydrogen (secondary N) is 1. The highest BCUT2D eigenvalue weighted by Crippen LogP contribution is 2.55. The molecule has 1 saturated heterocycles. The minimum atomic E-state index is 0.455. The zero-order chi connectivity index (χ0) is 17.0. The highest BCUT2D eigenvalue weighted by atomic mass is 32.1. The summed E-state index contributed by atoms with van der Waals surface area (Å²) in [5.74, 6) is 1.14. The highest BCUT2D eigenvalue weighted by Gasteiger charge is 2.40. The molecule has 3 heteroatoms. The summed E-state index contributed by atoms with van der Waals surface area (Å²) in [6, 6.07) is 0. The lowest BCUT2D eigenvalue weighted by molar-refractivity contribution is 0.556. The molecule has 24 heavy (non-hydrogen) atoms. The molecule has 0 amide bonds. The van der Waals surface area contributed by atoms with E-state index in [1.807, 2.05) is 11.0 Å². The van der Waals surface area contributed by atoms with Gasteiger partial charge in [0.05, 0.1) is 0 Å². The third kappa shape index (κ3) is 2.11. The molecule has 1 N–H and O–H groups in total. The van der Waals surface area contributed by atoms with Crippen LogP contribution in [0.5, 0.6) is 0 Å². The molecule has 0 aromatic rings. The molecule has 3 fully saturated rings. The number of rotatable bonds is 3. The van der Waals surface area contributed by atoms with Crippen LogP contribution in [0.2, 0.25) is 0 Å². The second-order valence-electron chi connectivity index (χ2n) is 7.14. The number of thiocarbonyl (C=S) groups is 1. The van der Waals surface area contributed by atoms with Crippen molar-refractivity contribution in [3.63, 3.8) is 0 Å². The van der Waals surface area contributed by atoms with Crippen LogP contribution in [0.25, 0.3) is 0 Å². The molecule has 2 nitrogen and oxygen atoms in total. The van der Waals surface area contributed by atoms with Gasteiger partial charge in [0.15, 0.2) is 5.11 Å². The van der Waals surface area contributed by atoms with Crippen LogP contribution in [-0.2, 0) is 0 Å². The molecule has 124 valence electrons. The van der Waals surface area contributed by atoms with E-state index in [1.54, 1.807) is 22.3 Å². The van der Waals surface area contributed by atoms with Crippen LogP contribution in [0.3, 0.4) is 0 Å². The molecule has 0 aromatic heterocycles. The van der Waals surface area contributed by atoms with Gasteiger partial charge >= 0.3 is 0 Å². The Balaban J connectivity index is 1.74. The maximum absolute atomic E-state index is 5.43. The lowest BCUT2D eigenvalue weighted by Gasteiger charge is -2.35. The van der Waals surface area contributed by atoms with E-state index in [1.165, 1.54) is 25.7 Å². The Kier molecular flexibility index (Phi) is 3.65. The van der Waals surface area contributed by atoms with E-state index in [2.05, 4.69) is 38.1 Å². The van der Waals surface area contributed by atoms with Crippen LogP contribution in [0.1, 0.15) is 32.6 Å². The van der Waals surface area contributed by atoms with E-state index in [4.69, 9.17) is 12.2 Å². The first-order valence-electron chi connectivity index (χ1n) is 8.76. The van der Waals surface area contributed by atoms with E-state index >= 15 is 0 Å². The van der Waals surface area contributed by atoms with E-state index < -0.39 is 0 Å². The number of allylic oxidation sites excluding steroid dienone is 5. The topological polar surface area (TPSA) is 15.3 Å². The van der Waals surface area contributed by atoms with Gasteiger partial charge in [0.1, 0.15) is 0 Å². The molecule has 1 heterocycles. The van der Waals surface area contributed by atoms with Gasteiger partial charge in [-0.25, -0.2) is 0 Å². The Bertz CT molecular complexity index is 748. The summed E-state index contributed by atoms with van der Waals surface area (Å²) in [5.41, 5.74) is 9.63. The summed E-state index contributed by atoms with van der Waals surface area (Å²) in [7, 11) is 0. The van der Waals surface area contributed by atoms with Gasteiger partial charge in [0, 0.05) is 29.4 Å². The molecule has 0 radical (unpaired) electrons. The van der Waals surface area contributed by atoms with Crippen molar-refractivity contribution in [1.82, 2.24) is 10.2 Å². The normalized spacial score (nSPS) is 30.6. The van der Waals surface area contributed by atoms with Gasteiger partial charge in [0.25, 0.3) is 0 Å². The van der Waals surface area contributed by atoms with Crippen molar-refractivity contribution >= 4 is 17.3 Å². The summed E-state index contributed by atoms with van der Waals surface area (Å²) in [4.78, 5) is 2.00. The minimum absolute atomic E-state index is 0.455. The average molecular weight is 337 g/mol. The Hall–Kier alpha value is -1.87. The Morgan fingerprint density at radius 1 is 1.12 bits per heavy atom. The van der Waals surface area contributed by atoms with Gasteiger partial charge in [-0.15, -0.1) is 6.58 Å². The Morgan fingerprint density at radius 3 is 2.29 bits per heavy atom.